The van der Waals surface area contributed by atoms with E-state index in [0.29, 0.717) is 6.61 Å². The van der Waals surface area contributed by atoms with Gasteiger partial charge < -0.3 is 9.47 Å². The molecule has 8 heteroatoms. The first-order valence-electron chi connectivity index (χ1n) is 7.24. The minimum atomic E-state index is -3.79. The van der Waals surface area contributed by atoms with Crippen molar-refractivity contribution in [3.8, 4) is 5.75 Å². The number of methoxy groups -OCH3 is 1. The number of sulfonamides is 1. The van der Waals surface area contributed by atoms with Crippen molar-refractivity contribution in [3.05, 3.63) is 46.2 Å². The lowest BCUT2D eigenvalue weighted by Crippen LogP contribution is -2.27. The number of hydrogen-bond donors (Lipinski definition) is 0. The second-order valence-corrected chi connectivity index (χ2v) is 7.87. The fraction of sp³-hybridized carbons (Fsp3) is 0.312. The van der Waals surface area contributed by atoms with Crippen LogP contribution in [0.15, 0.2) is 40.6 Å². The predicted molar refractivity (Wildman–Crippen MR) is 91.9 cm³/mol. The Bertz CT molecular complexity index is 796. The number of ether oxygens (including phenoxy) is 2. The average Bonchev–Trinajstić information content (AvgIpc) is 3.06. The summed E-state index contributed by atoms with van der Waals surface area (Å²) in [5.74, 6) is 0.0793. The number of esters is 1. The van der Waals surface area contributed by atoms with E-state index in [1.165, 1.54) is 24.5 Å². The van der Waals surface area contributed by atoms with Crippen LogP contribution < -0.4 is 4.74 Å². The normalized spacial score (nSPS) is 11.5. The van der Waals surface area contributed by atoms with E-state index in [0.717, 1.165) is 22.6 Å². The molecule has 6 nitrogen and oxygen atoms in total. The lowest BCUT2D eigenvalue weighted by atomic mass is 10.2. The monoisotopic (exact) mass is 369 g/mol. The molecule has 0 unspecified atom stereocenters. The van der Waals surface area contributed by atoms with Crippen LogP contribution in [0.1, 0.15) is 22.2 Å². The van der Waals surface area contributed by atoms with Crippen molar-refractivity contribution in [2.24, 2.45) is 0 Å². The van der Waals surface area contributed by atoms with Crippen molar-refractivity contribution >= 4 is 27.3 Å². The molecule has 0 fully saturated rings. The summed E-state index contributed by atoms with van der Waals surface area (Å²) in [4.78, 5) is 11.8. The first-order valence-corrected chi connectivity index (χ1v) is 9.56. The molecule has 130 valence electrons. The van der Waals surface area contributed by atoms with Crippen LogP contribution in [0.3, 0.4) is 0 Å². The van der Waals surface area contributed by atoms with Gasteiger partial charge in [0.1, 0.15) is 15.5 Å². The first-order chi connectivity index (χ1) is 11.4. The van der Waals surface area contributed by atoms with Crippen molar-refractivity contribution in [2.75, 3.05) is 20.8 Å². The summed E-state index contributed by atoms with van der Waals surface area (Å²) in [6.07, 6.45) is 0. The van der Waals surface area contributed by atoms with Gasteiger partial charge in [-0.15, -0.1) is 11.3 Å². The molecule has 0 aliphatic carbocycles. The van der Waals surface area contributed by atoms with E-state index in [-0.39, 0.29) is 16.3 Å². The van der Waals surface area contributed by atoms with Crippen LogP contribution in [0.25, 0.3) is 0 Å². The summed E-state index contributed by atoms with van der Waals surface area (Å²) in [5, 5.41) is 1.56. The topological polar surface area (TPSA) is 72.9 Å². The maximum Gasteiger partial charge on any atom is 0.349 e. The Morgan fingerprint density at radius 3 is 2.46 bits per heavy atom. The van der Waals surface area contributed by atoms with E-state index in [9.17, 15) is 13.2 Å². The Labute approximate surface area is 145 Å². The average molecular weight is 369 g/mol. The van der Waals surface area contributed by atoms with Gasteiger partial charge in [0.2, 0.25) is 10.0 Å². The summed E-state index contributed by atoms with van der Waals surface area (Å²) in [5.41, 5.74) is 0.819. The van der Waals surface area contributed by atoms with E-state index >= 15 is 0 Å². The summed E-state index contributed by atoms with van der Waals surface area (Å²) in [7, 11) is -1.09. The Morgan fingerprint density at radius 1 is 1.21 bits per heavy atom. The zero-order chi connectivity index (χ0) is 17.7. The number of benzene rings is 1. The Kier molecular flexibility index (Phi) is 5.98. The second kappa shape index (κ2) is 7.78. The molecule has 24 heavy (non-hydrogen) atoms. The standard InChI is InChI=1S/C16H19NO5S2/c1-4-22-13-7-5-12(6-8-13)11-17(2)24(19,20)14-9-10-23-15(14)16(18)21-3/h5-10H,4,11H2,1-3H3. The molecule has 0 N–H and O–H groups in total. The van der Waals surface area contributed by atoms with Gasteiger partial charge in [0.15, 0.2) is 0 Å². The number of carbonyl (C=O) groups excluding carboxylic acids is 1. The van der Waals surface area contributed by atoms with Gasteiger partial charge in [0.05, 0.1) is 13.7 Å². The Balaban J connectivity index is 2.20. The summed E-state index contributed by atoms with van der Waals surface area (Å²) in [6, 6.07) is 8.63. The quantitative estimate of drug-likeness (QED) is 0.702. The molecule has 1 heterocycles. The summed E-state index contributed by atoms with van der Waals surface area (Å²) in [6.45, 7) is 2.65. The van der Waals surface area contributed by atoms with E-state index in [2.05, 4.69) is 4.74 Å². The molecular weight excluding hydrogens is 350 g/mol. The lowest BCUT2D eigenvalue weighted by Gasteiger charge is -2.17. The predicted octanol–water partition coefficient (Wildman–Crippen LogP) is 2.75. The van der Waals surface area contributed by atoms with Crippen molar-refractivity contribution < 1.29 is 22.7 Å². The number of nitrogens with zero attached hydrogens (tertiary/aromatic N) is 1. The van der Waals surface area contributed by atoms with E-state index in [1.807, 2.05) is 19.1 Å². The fourth-order valence-electron chi connectivity index (χ4n) is 2.11. The molecule has 0 amide bonds. The van der Waals surface area contributed by atoms with E-state index in [4.69, 9.17) is 4.74 Å². The van der Waals surface area contributed by atoms with Crippen LogP contribution in [0.2, 0.25) is 0 Å². The largest absolute Gasteiger partial charge is 0.494 e. The first kappa shape index (κ1) is 18.4. The third-order valence-electron chi connectivity index (χ3n) is 3.33. The number of thiophene rings is 1. The maximum absolute atomic E-state index is 12.7. The molecule has 1 aromatic carbocycles. The molecule has 0 aliphatic rings. The van der Waals surface area contributed by atoms with Gasteiger partial charge in [-0.25, -0.2) is 13.2 Å². The van der Waals surface area contributed by atoms with Crippen LogP contribution >= 0.6 is 11.3 Å². The highest BCUT2D eigenvalue weighted by Gasteiger charge is 2.28. The molecule has 0 saturated carbocycles. The Morgan fingerprint density at radius 2 is 1.88 bits per heavy atom. The molecule has 2 rings (SSSR count). The third kappa shape index (κ3) is 3.95. The van der Waals surface area contributed by atoms with Gasteiger partial charge in [-0.2, -0.15) is 4.31 Å². The van der Waals surface area contributed by atoms with E-state index in [1.54, 1.807) is 17.5 Å². The lowest BCUT2D eigenvalue weighted by molar-refractivity contribution is 0.0602. The summed E-state index contributed by atoms with van der Waals surface area (Å²) < 4.78 is 36.6. The maximum atomic E-state index is 12.7. The van der Waals surface area contributed by atoms with Gasteiger partial charge in [0.25, 0.3) is 0 Å². The van der Waals surface area contributed by atoms with Gasteiger partial charge >= 0.3 is 5.97 Å². The minimum absolute atomic E-state index is 0.0345. The number of carbonyl (C=O) groups is 1. The van der Waals surface area contributed by atoms with Crippen LogP contribution in [-0.2, 0) is 21.3 Å². The minimum Gasteiger partial charge on any atom is -0.494 e. The van der Waals surface area contributed by atoms with Crippen LogP contribution in [0, 0.1) is 0 Å². The zero-order valence-electron chi connectivity index (χ0n) is 13.7. The molecule has 0 aliphatic heterocycles. The Hall–Kier alpha value is -1.90. The van der Waals surface area contributed by atoms with Crippen LogP contribution in [-0.4, -0.2) is 39.5 Å². The highest BCUT2D eigenvalue weighted by Crippen LogP contribution is 2.26. The highest BCUT2D eigenvalue weighted by atomic mass is 32.2. The summed E-state index contributed by atoms with van der Waals surface area (Å²) >= 11 is 1.04. The smallest absolute Gasteiger partial charge is 0.349 e. The molecule has 2 aromatic rings. The van der Waals surface area contributed by atoms with Crippen molar-refractivity contribution in [1.82, 2.24) is 4.31 Å². The van der Waals surface area contributed by atoms with Crippen LogP contribution in [0.5, 0.6) is 5.75 Å². The van der Waals surface area contributed by atoms with Gasteiger partial charge in [-0.3, -0.25) is 0 Å². The van der Waals surface area contributed by atoms with Crippen LogP contribution in [0.4, 0.5) is 0 Å². The zero-order valence-corrected chi connectivity index (χ0v) is 15.3. The second-order valence-electron chi connectivity index (χ2n) is 4.94. The number of hydrogen-bond acceptors (Lipinski definition) is 6. The molecule has 0 saturated heterocycles. The van der Waals surface area contributed by atoms with Crippen molar-refractivity contribution in [1.29, 1.82) is 0 Å². The van der Waals surface area contributed by atoms with Crippen molar-refractivity contribution in [2.45, 2.75) is 18.4 Å². The fourth-order valence-corrected chi connectivity index (χ4v) is 4.57. The molecule has 0 atom stereocenters. The van der Waals surface area contributed by atoms with Crippen molar-refractivity contribution in [3.63, 3.8) is 0 Å². The third-order valence-corrected chi connectivity index (χ3v) is 6.20. The van der Waals surface area contributed by atoms with Gasteiger partial charge in [-0.1, -0.05) is 12.1 Å². The highest BCUT2D eigenvalue weighted by molar-refractivity contribution is 7.89. The SMILES string of the molecule is CCOc1ccc(CN(C)S(=O)(=O)c2ccsc2C(=O)OC)cc1. The van der Waals surface area contributed by atoms with Gasteiger partial charge in [0, 0.05) is 13.6 Å². The molecule has 0 spiro atoms. The molecular formula is C16H19NO5S2. The molecule has 0 bridgehead atoms. The van der Waals surface area contributed by atoms with E-state index < -0.39 is 16.0 Å². The van der Waals surface area contributed by atoms with Gasteiger partial charge in [-0.05, 0) is 36.1 Å². The number of rotatable bonds is 7. The molecule has 1 aromatic heterocycles. The molecule has 0 radical (unpaired) electrons.